The molecule has 0 saturated carbocycles. The smallest absolute Gasteiger partial charge is 0.356 e. The molecule has 0 aliphatic heterocycles. The van der Waals surface area contributed by atoms with Crippen LogP contribution in [0.2, 0.25) is 0 Å². The van der Waals surface area contributed by atoms with Gasteiger partial charge in [0.1, 0.15) is 6.61 Å². The first-order valence-electron chi connectivity index (χ1n) is 6.72. The van der Waals surface area contributed by atoms with Crippen molar-refractivity contribution in [2.75, 3.05) is 13.2 Å². The summed E-state index contributed by atoms with van der Waals surface area (Å²) in [6.45, 7) is 0.234. The Morgan fingerprint density at radius 2 is 2.14 bits per heavy atom. The van der Waals surface area contributed by atoms with Gasteiger partial charge in [-0.2, -0.15) is 5.10 Å². The molecule has 2 aromatic heterocycles. The lowest BCUT2D eigenvalue weighted by atomic mass is 10.2. The van der Waals surface area contributed by atoms with Crippen LogP contribution >= 0.6 is 0 Å². The number of aliphatic hydroxyl groups excluding tert-OH is 1. The Labute approximate surface area is 126 Å². The Bertz CT molecular complexity index is 654. The van der Waals surface area contributed by atoms with Gasteiger partial charge in [0.05, 0.1) is 11.4 Å². The summed E-state index contributed by atoms with van der Waals surface area (Å²) in [4.78, 5) is 26.2. The molecular weight excluding hydrogens is 288 g/mol. The molecule has 0 bridgehead atoms. The van der Waals surface area contributed by atoms with E-state index in [2.05, 4.69) is 15.4 Å². The fraction of sp³-hybridized carbons (Fsp3) is 0.286. The summed E-state index contributed by atoms with van der Waals surface area (Å²) in [7, 11) is 0. The van der Waals surface area contributed by atoms with Gasteiger partial charge < -0.3 is 15.5 Å². The molecule has 8 nitrogen and oxygen atoms in total. The van der Waals surface area contributed by atoms with Crippen molar-refractivity contribution in [2.45, 2.75) is 13.0 Å². The second-order valence-electron chi connectivity index (χ2n) is 4.52. The maximum Gasteiger partial charge on any atom is 0.356 e. The van der Waals surface area contributed by atoms with Crippen LogP contribution in [0.1, 0.15) is 16.9 Å². The standard InChI is InChI=1S/C14H16N4O4/c19-9-13(20)16-6-3-7-18-12(8-11(17-18)14(21)22)10-4-1-2-5-15-10/h1-2,4-5,8,19H,3,6-7,9H2,(H,16,20)(H,21,22). The summed E-state index contributed by atoms with van der Waals surface area (Å²) in [5.41, 5.74) is 1.17. The quantitative estimate of drug-likeness (QED) is 0.626. The molecule has 2 rings (SSSR count). The van der Waals surface area contributed by atoms with Crippen LogP contribution < -0.4 is 5.32 Å². The lowest BCUT2D eigenvalue weighted by molar-refractivity contribution is -0.123. The molecule has 3 N–H and O–H groups in total. The van der Waals surface area contributed by atoms with Gasteiger partial charge in [0.15, 0.2) is 5.69 Å². The van der Waals surface area contributed by atoms with Gasteiger partial charge in [-0.3, -0.25) is 14.5 Å². The van der Waals surface area contributed by atoms with Crippen LogP contribution in [0.5, 0.6) is 0 Å². The molecule has 0 aliphatic carbocycles. The summed E-state index contributed by atoms with van der Waals surface area (Å²) >= 11 is 0. The van der Waals surface area contributed by atoms with Gasteiger partial charge in [-0.15, -0.1) is 0 Å². The van der Waals surface area contributed by atoms with E-state index >= 15 is 0 Å². The largest absolute Gasteiger partial charge is 0.476 e. The first-order valence-corrected chi connectivity index (χ1v) is 6.72. The summed E-state index contributed by atoms with van der Waals surface area (Å²) in [6, 6.07) is 6.82. The van der Waals surface area contributed by atoms with Crippen LogP contribution in [0.3, 0.4) is 0 Å². The van der Waals surface area contributed by atoms with Crippen molar-refractivity contribution >= 4 is 11.9 Å². The molecule has 0 spiro atoms. The Morgan fingerprint density at radius 1 is 1.32 bits per heavy atom. The first-order chi connectivity index (χ1) is 10.6. The van der Waals surface area contributed by atoms with E-state index in [0.29, 0.717) is 30.9 Å². The predicted octanol–water partition coefficient (Wildman–Crippen LogP) is 0.142. The highest BCUT2D eigenvalue weighted by atomic mass is 16.4. The molecule has 0 saturated heterocycles. The minimum absolute atomic E-state index is 0.0555. The summed E-state index contributed by atoms with van der Waals surface area (Å²) in [5.74, 6) is -1.55. The highest BCUT2D eigenvalue weighted by molar-refractivity contribution is 5.86. The number of rotatable bonds is 7. The third-order valence-electron chi connectivity index (χ3n) is 2.94. The SMILES string of the molecule is O=C(CO)NCCCn1nc(C(=O)O)cc1-c1ccccn1. The Morgan fingerprint density at radius 3 is 2.77 bits per heavy atom. The van der Waals surface area contributed by atoms with Crippen LogP contribution in [0.4, 0.5) is 0 Å². The van der Waals surface area contributed by atoms with Gasteiger partial charge in [0.25, 0.3) is 0 Å². The average molecular weight is 304 g/mol. The molecule has 0 aliphatic rings. The topological polar surface area (TPSA) is 117 Å². The number of amides is 1. The maximum atomic E-state index is 11.1. The van der Waals surface area contributed by atoms with Crippen molar-refractivity contribution in [3.05, 3.63) is 36.2 Å². The van der Waals surface area contributed by atoms with Crippen molar-refractivity contribution in [3.63, 3.8) is 0 Å². The van der Waals surface area contributed by atoms with E-state index < -0.39 is 18.5 Å². The van der Waals surface area contributed by atoms with Crippen LogP contribution in [0.25, 0.3) is 11.4 Å². The average Bonchev–Trinajstić information content (AvgIpc) is 2.96. The number of hydrogen-bond donors (Lipinski definition) is 3. The number of hydrogen-bond acceptors (Lipinski definition) is 5. The molecule has 0 atom stereocenters. The number of aliphatic hydroxyl groups is 1. The molecule has 8 heteroatoms. The van der Waals surface area contributed by atoms with Crippen molar-refractivity contribution < 1.29 is 19.8 Å². The van der Waals surface area contributed by atoms with Gasteiger partial charge in [-0.25, -0.2) is 4.79 Å². The minimum atomic E-state index is -1.11. The van der Waals surface area contributed by atoms with Crippen molar-refractivity contribution in [1.29, 1.82) is 0 Å². The molecule has 116 valence electrons. The zero-order valence-electron chi connectivity index (χ0n) is 11.8. The van der Waals surface area contributed by atoms with Gasteiger partial charge >= 0.3 is 5.97 Å². The fourth-order valence-corrected chi connectivity index (χ4v) is 1.92. The number of carbonyl (C=O) groups excluding carboxylic acids is 1. The number of carboxylic acid groups (broad SMARTS) is 1. The van der Waals surface area contributed by atoms with Crippen LogP contribution in [0, 0.1) is 0 Å². The third-order valence-corrected chi connectivity index (χ3v) is 2.94. The first kappa shape index (κ1) is 15.6. The number of aromatic carboxylic acids is 1. The molecule has 2 aromatic rings. The molecule has 2 heterocycles. The van der Waals surface area contributed by atoms with E-state index in [-0.39, 0.29) is 5.69 Å². The highest BCUT2D eigenvalue weighted by Crippen LogP contribution is 2.18. The number of pyridine rings is 1. The lowest BCUT2D eigenvalue weighted by Gasteiger charge is -2.07. The third kappa shape index (κ3) is 3.89. The van der Waals surface area contributed by atoms with Gasteiger partial charge in [-0.1, -0.05) is 6.07 Å². The van der Waals surface area contributed by atoms with Crippen molar-refractivity contribution in [2.24, 2.45) is 0 Å². The Balaban J connectivity index is 2.12. The monoisotopic (exact) mass is 304 g/mol. The molecule has 0 radical (unpaired) electrons. The zero-order chi connectivity index (χ0) is 15.9. The van der Waals surface area contributed by atoms with E-state index in [1.807, 2.05) is 6.07 Å². The van der Waals surface area contributed by atoms with E-state index in [1.54, 1.807) is 23.0 Å². The predicted molar refractivity (Wildman–Crippen MR) is 77.1 cm³/mol. The summed E-state index contributed by atoms with van der Waals surface area (Å²) < 4.78 is 1.55. The Kier molecular flexibility index (Phi) is 5.21. The molecule has 22 heavy (non-hydrogen) atoms. The van der Waals surface area contributed by atoms with Gasteiger partial charge in [0, 0.05) is 25.4 Å². The minimum Gasteiger partial charge on any atom is -0.476 e. The van der Waals surface area contributed by atoms with E-state index in [0.717, 1.165) is 0 Å². The van der Waals surface area contributed by atoms with E-state index in [9.17, 15) is 9.59 Å². The van der Waals surface area contributed by atoms with Crippen molar-refractivity contribution in [3.8, 4) is 11.4 Å². The summed E-state index contributed by atoms with van der Waals surface area (Å²) in [6.07, 6.45) is 2.17. The molecule has 0 aromatic carbocycles. The second-order valence-corrected chi connectivity index (χ2v) is 4.52. The number of aryl methyl sites for hydroxylation is 1. The molecule has 0 fully saturated rings. The number of carboxylic acids is 1. The van der Waals surface area contributed by atoms with Crippen molar-refractivity contribution in [1.82, 2.24) is 20.1 Å². The molecular formula is C14H16N4O4. The van der Waals surface area contributed by atoms with E-state index in [4.69, 9.17) is 10.2 Å². The van der Waals surface area contributed by atoms with Gasteiger partial charge in [0.2, 0.25) is 5.91 Å². The zero-order valence-corrected chi connectivity index (χ0v) is 11.8. The molecule has 1 amide bonds. The normalized spacial score (nSPS) is 10.4. The van der Waals surface area contributed by atoms with Gasteiger partial charge in [-0.05, 0) is 18.6 Å². The Hall–Kier alpha value is -2.74. The van der Waals surface area contributed by atoms with Crippen LogP contribution in [-0.2, 0) is 11.3 Å². The number of nitrogens with zero attached hydrogens (tertiary/aromatic N) is 3. The maximum absolute atomic E-state index is 11.1. The summed E-state index contributed by atoms with van der Waals surface area (Å²) in [5, 5.41) is 24.2. The second kappa shape index (κ2) is 7.32. The van der Waals surface area contributed by atoms with E-state index in [1.165, 1.54) is 6.07 Å². The number of carbonyl (C=O) groups is 2. The van der Waals surface area contributed by atoms with Crippen LogP contribution in [0.15, 0.2) is 30.5 Å². The number of nitrogens with one attached hydrogen (secondary N) is 1. The highest BCUT2D eigenvalue weighted by Gasteiger charge is 2.15. The molecule has 0 unspecified atom stereocenters. The lowest BCUT2D eigenvalue weighted by Crippen LogP contribution is -2.27. The number of aromatic nitrogens is 3. The fourth-order valence-electron chi connectivity index (χ4n) is 1.92. The van der Waals surface area contributed by atoms with Crippen LogP contribution in [-0.4, -0.2) is 50.0 Å².